The maximum absolute atomic E-state index is 12.2. The first-order chi connectivity index (χ1) is 12.5. The molecule has 0 heterocycles. The summed E-state index contributed by atoms with van der Waals surface area (Å²) in [4.78, 5) is 23.1. The number of hydrogen-bond donors (Lipinski definition) is 2. The van der Waals surface area contributed by atoms with Gasteiger partial charge in [-0.05, 0) is 31.2 Å². The lowest BCUT2D eigenvalue weighted by molar-refractivity contribution is -0.123. The molecule has 0 fully saturated rings. The van der Waals surface area contributed by atoms with Crippen molar-refractivity contribution in [3.05, 3.63) is 53.6 Å². The molecule has 0 radical (unpaired) electrons. The van der Waals surface area contributed by atoms with Crippen LogP contribution in [0.2, 0.25) is 0 Å². The summed E-state index contributed by atoms with van der Waals surface area (Å²) in [7, 11) is 2.97. The maximum atomic E-state index is 12.2. The molecule has 2 aromatic carbocycles. The molecule has 0 spiro atoms. The summed E-state index contributed by atoms with van der Waals surface area (Å²) < 4.78 is 15.9. The number of carbonyl (C=O) groups is 2. The average Bonchev–Trinajstić information content (AvgIpc) is 2.65. The highest BCUT2D eigenvalue weighted by Crippen LogP contribution is 2.28. The van der Waals surface area contributed by atoms with E-state index in [0.717, 1.165) is 5.56 Å². The van der Waals surface area contributed by atoms with Crippen LogP contribution in [0.25, 0.3) is 0 Å². The van der Waals surface area contributed by atoms with Crippen LogP contribution in [0.1, 0.15) is 28.9 Å². The van der Waals surface area contributed by atoms with E-state index in [2.05, 4.69) is 5.32 Å². The molecule has 0 saturated carbocycles. The van der Waals surface area contributed by atoms with E-state index in [1.165, 1.54) is 25.3 Å². The number of hydrogen-bond acceptors (Lipinski definition) is 5. The summed E-state index contributed by atoms with van der Waals surface area (Å²) in [5.74, 6) is -0.175. The smallest absolute Gasteiger partial charge is 0.335 e. The van der Waals surface area contributed by atoms with Gasteiger partial charge < -0.3 is 24.6 Å². The number of nitrogens with one attached hydrogen (secondary N) is 1. The molecule has 1 amide bonds. The van der Waals surface area contributed by atoms with Gasteiger partial charge in [-0.2, -0.15) is 0 Å². The Morgan fingerprint density at radius 1 is 1.04 bits per heavy atom. The second-order valence-electron chi connectivity index (χ2n) is 5.49. The van der Waals surface area contributed by atoms with Crippen LogP contribution in [-0.2, 0) is 4.79 Å². The van der Waals surface area contributed by atoms with Gasteiger partial charge in [0.1, 0.15) is 5.75 Å². The average molecular weight is 359 g/mol. The molecule has 0 unspecified atom stereocenters. The lowest BCUT2D eigenvalue weighted by atomic mass is 10.1. The monoisotopic (exact) mass is 359 g/mol. The van der Waals surface area contributed by atoms with Crippen molar-refractivity contribution < 1.29 is 28.9 Å². The van der Waals surface area contributed by atoms with Crippen LogP contribution >= 0.6 is 0 Å². The lowest BCUT2D eigenvalue weighted by Crippen LogP contribution is -2.31. The Labute approximate surface area is 151 Å². The number of rotatable bonds is 8. The van der Waals surface area contributed by atoms with Gasteiger partial charge in [-0.25, -0.2) is 4.79 Å². The van der Waals surface area contributed by atoms with E-state index < -0.39 is 5.97 Å². The zero-order valence-electron chi connectivity index (χ0n) is 14.8. The SMILES string of the molecule is COc1cc(C(=O)O)ccc1OCC(=O)N[C@@H](C)c1ccccc1OC. The molecule has 0 aliphatic carbocycles. The molecule has 2 aromatic rings. The Kier molecular flexibility index (Phi) is 6.43. The normalized spacial score (nSPS) is 11.3. The van der Waals surface area contributed by atoms with Gasteiger partial charge in [0.05, 0.1) is 25.8 Å². The van der Waals surface area contributed by atoms with Crippen molar-refractivity contribution in [3.63, 3.8) is 0 Å². The van der Waals surface area contributed by atoms with Gasteiger partial charge in [0.25, 0.3) is 5.91 Å². The van der Waals surface area contributed by atoms with Crippen molar-refractivity contribution in [2.24, 2.45) is 0 Å². The molecule has 2 N–H and O–H groups in total. The van der Waals surface area contributed by atoms with Gasteiger partial charge in [0, 0.05) is 5.56 Å². The molecule has 0 aromatic heterocycles. The molecule has 7 nitrogen and oxygen atoms in total. The van der Waals surface area contributed by atoms with E-state index in [4.69, 9.17) is 19.3 Å². The standard InChI is InChI=1S/C19H21NO6/c1-12(14-6-4-5-7-15(14)24-2)20-18(21)11-26-16-9-8-13(19(22)23)10-17(16)25-3/h4-10,12H,11H2,1-3H3,(H,20,21)(H,22,23)/t12-/m0/s1. The Hall–Kier alpha value is -3.22. The van der Waals surface area contributed by atoms with Crippen LogP contribution in [0, 0.1) is 0 Å². The Morgan fingerprint density at radius 3 is 2.38 bits per heavy atom. The summed E-state index contributed by atoms with van der Waals surface area (Å²) in [6.07, 6.45) is 0. The zero-order valence-corrected chi connectivity index (χ0v) is 14.8. The number of ether oxygens (including phenoxy) is 3. The van der Waals surface area contributed by atoms with Crippen LogP contribution < -0.4 is 19.5 Å². The van der Waals surface area contributed by atoms with Crippen LogP contribution in [0.5, 0.6) is 17.2 Å². The van der Waals surface area contributed by atoms with E-state index in [9.17, 15) is 9.59 Å². The molecule has 7 heteroatoms. The number of amides is 1. The van der Waals surface area contributed by atoms with Gasteiger partial charge in [-0.3, -0.25) is 4.79 Å². The number of para-hydroxylation sites is 1. The molecule has 26 heavy (non-hydrogen) atoms. The van der Waals surface area contributed by atoms with Crippen molar-refractivity contribution in [1.82, 2.24) is 5.32 Å². The first-order valence-corrected chi connectivity index (χ1v) is 7.92. The first-order valence-electron chi connectivity index (χ1n) is 7.92. The zero-order chi connectivity index (χ0) is 19.1. The largest absolute Gasteiger partial charge is 0.496 e. The van der Waals surface area contributed by atoms with E-state index in [1.54, 1.807) is 7.11 Å². The van der Waals surface area contributed by atoms with E-state index >= 15 is 0 Å². The molecule has 0 saturated heterocycles. The van der Waals surface area contributed by atoms with Crippen molar-refractivity contribution in [1.29, 1.82) is 0 Å². The van der Waals surface area contributed by atoms with Crippen molar-refractivity contribution in [2.75, 3.05) is 20.8 Å². The van der Waals surface area contributed by atoms with E-state index in [1.807, 2.05) is 31.2 Å². The summed E-state index contributed by atoms with van der Waals surface area (Å²) in [5, 5.41) is 11.8. The molecule has 0 aliphatic rings. The third kappa shape index (κ3) is 4.66. The Morgan fingerprint density at radius 2 is 1.73 bits per heavy atom. The molecule has 138 valence electrons. The summed E-state index contributed by atoms with van der Waals surface area (Å²) in [6, 6.07) is 11.3. The summed E-state index contributed by atoms with van der Waals surface area (Å²) in [6.45, 7) is 1.61. The van der Waals surface area contributed by atoms with E-state index in [-0.39, 0.29) is 35.6 Å². The van der Waals surface area contributed by atoms with Crippen LogP contribution in [0.4, 0.5) is 0 Å². The van der Waals surface area contributed by atoms with Gasteiger partial charge in [0.15, 0.2) is 18.1 Å². The third-order valence-electron chi connectivity index (χ3n) is 3.75. The third-order valence-corrected chi connectivity index (χ3v) is 3.75. The van der Waals surface area contributed by atoms with Gasteiger partial charge in [-0.15, -0.1) is 0 Å². The molecular formula is C19H21NO6. The maximum Gasteiger partial charge on any atom is 0.335 e. The summed E-state index contributed by atoms with van der Waals surface area (Å²) >= 11 is 0. The van der Waals surface area contributed by atoms with Crippen LogP contribution in [-0.4, -0.2) is 37.8 Å². The minimum absolute atomic E-state index is 0.0726. The quantitative estimate of drug-likeness (QED) is 0.753. The number of aromatic carboxylic acids is 1. The fourth-order valence-electron chi connectivity index (χ4n) is 2.45. The highest BCUT2D eigenvalue weighted by Gasteiger charge is 2.15. The van der Waals surface area contributed by atoms with Crippen LogP contribution in [0.3, 0.4) is 0 Å². The van der Waals surface area contributed by atoms with Gasteiger partial charge in [0.2, 0.25) is 0 Å². The first kappa shape index (κ1) is 19.1. The highest BCUT2D eigenvalue weighted by atomic mass is 16.5. The second-order valence-corrected chi connectivity index (χ2v) is 5.49. The molecule has 0 aliphatic heterocycles. The number of methoxy groups -OCH3 is 2. The number of carbonyl (C=O) groups excluding carboxylic acids is 1. The fraction of sp³-hybridized carbons (Fsp3) is 0.263. The van der Waals surface area contributed by atoms with E-state index in [0.29, 0.717) is 5.75 Å². The minimum Gasteiger partial charge on any atom is -0.496 e. The predicted molar refractivity (Wildman–Crippen MR) is 95.0 cm³/mol. The predicted octanol–water partition coefficient (Wildman–Crippen LogP) is 2.66. The molecule has 0 bridgehead atoms. The molecule has 1 atom stereocenters. The number of benzene rings is 2. The topological polar surface area (TPSA) is 94.1 Å². The Balaban J connectivity index is 1.99. The fourth-order valence-corrected chi connectivity index (χ4v) is 2.45. The minimum atomic E-state index is -1.07. The molecular weight excluding hydrogens is 338 g/mol. The Bertz CT molecular complexity index is 789. The number of carboxylic acids is 1. The molecule has 2 rings (SSSR count). The summed E-state index contributed by atoms with van der Waals surface area (Å²) in [5.41, 5.74) is 0.926. The van der Waals surface area contributed by atoms with Gasteiger partial charge >= 0.3 is 5.97 Å². The lowest BCUT2D eigenvalue weighted by Gasteiger charge is -2.17. The van der Waals surface area contributed by atoms with Gasteiger partial charge in [-0.1, -0.05) is 18.2 Å². The highest BCUT2D eigenvalue weighted by molar-refractivity contribution is 5.88. The van der Waals surface area contributed by atoms with Crippen molar-refractivity contribution >= 4 is 11.9 Å². The van der Waals surface area contributed by atoms with Crippen LogP contribution in [0.15, 0.2) is 42.5 Å². The second kappa shape index (κ2) is 8.75. The number of carboxylic acid groups (broad SMARTS) is 1. The van der Waals surface area contributed by atoms with Crippen molar-refractivity contribution in [3.8, 4) is 17.2 Å². The van der Waals surface area contributed by atoms with Crippen molar-refractivity contribution in [2.45, 2.75) is 13.0 Å².